The van der Waals surface area contributed by atoms with Crippen molar-refractivity contribution in [2.75, 3.05) is 0 Å². The average Bonchev–Trinajstić information content (AvgIpc) is 3.06. The van der Waals surface area contributed by atoms with Gasteiger partial charge in [-0.25, -0.2) is 4.98 Å². The summed E-state index contributed by atoms with van der Waals surface area (Å²) in [5.74, 6) is 0.871. The van der Waals surface area contributed by atoms with Crippen molar-refractivity contribution >= 4 is 11.6 Å². The van der Waals surface area contributed by atoms with E-state index in [-0.39, 0.29) is 6.04 Å². The summed E-state index contributed by atoms with van der Waals surface area (Å²) >= 11 is 5.92. The number of aromatic nitrogens is 2. The van der Waals surface area contributed by atoms with Gasteiger partial charge in [0.2, 0.25) is 0 Å². The molecule has 0 saturated carbocycles. The van der Waals surface area contributed by atoms with E-state index in [1.807, 2.05) is 47.2 Å². The second-order valence-electron chi connectivity index (χ2n) is 3.98. The topological polar surface area (TPSA) is 31.0 Å². The lowest BCUT2D eigenvalue weighted by atomic mass is 10.0. The first-order chi connectivity index (χ1) is 8.84. The van der Waals surface area contributed by atoms with Gasteiger partial charge in [-0.2, -0.15) is 0 Å². The summed E-state index contributed by atoms with van der Waals surface area (Å²) in [5, 5.41) is 0.725. The molecule has 0 aliphatic rings. The number of halogens is 1. The molecule has 2 aromatic heterocycles. The number of imidazole rings is 1. The molecule has 0 saturated heterocycles. The fourth-order valence-electron chi connectivity index (χ4n) is 2.00. The molecule has 4 heteroatoms. The molecule has 3 aromatic rings. The van der Waals surface area contributed by atoms with Gasteiger partial charge in [-0.15, -0.1) is 0 Å². The molecule has 0 fully saturated rings. The third-order valence-electron chi connectivity index (χ3n) is 2.82. The van der Waals surface area contributed by atoms with Gasteiger partial charge >= 0.3 is 0 Å². The van der Waals surface area contributed by atoms with Gasteiger partial charge in [-0.05, 0) is 29.8 Å². The van der Waals surface area contributed by atoms with Crippen LogP contribution in [0, 0.1) is 0 Å². The number of hydrogen-bond acceptors (Lipinski definition) is 2. The highest BCUT2D eigenvalue weighted by Crippen LogP contribution is 2.27. The van der Waals surface area contributed by atoms with Crippen LogP contribution in [0.3, 0.4) is 0 Å². The van der Waals surface area contributed by atoms with Crippen LogP contribution in [0.15, 0.2) is 65.8 Å². The molecular weight excluding hydrogens is 248 g/mol. The zero-order chi connectivity index (χ0) is 12.4. The molecule has 3 nitrogen and oxygen atoms in total. The van der Waals surface area contributed by atoms with E-state index >= 15 is 0 Å². The maximum atomic E-state index is 5.92. The lowest BCUT2D eigenvalue weighted by Gasteiger charge is -2.16. The summed E-state index contributed by atoms with van der Waals surface area (Å²) in [7, 11) is 0. The molecule has 0 radical (unpaired) electrons. The van der Waals surface area contributed by atoms with Gasteiger partial charge in [0.15, 0.2) is 0 Å². The Morgan fingerprint density at radius 3 is 2.61 bits per heavy atom. The number of furan rings is 1. The van der Waals surface area contributed by atoms with Gasteiger partial charge in [0.25, 0.3) is 0 Å². The van der Waals surface area contributed by atoms with Gasteiger partial charge < -0.3 is 8.98 Å². The Balaban J connectivity index is 2.08. The fraction of sp³-hybridized carbons (Fsp3) is 0.0714. The molecule has 0 aliphatic carbocycles. The SMILES string of the molecule is Clc1ccc(C(c2ccco2)n2ccnc2)cc1. The maximum absolute atomic E-state index is 5.92. The van der Waals surface area contributed by atoms with E-state index in [0.717, 1.165) is 16.3 Å². The van der Waals surface area contributed by atoms with Crippen molar-refractivity contribution in [3.8, 4) is 0 Å². The van der Waals surface area contributed by atoms with E-state index < -0.39 is 0 Å². The zero-order valence-electron chi connectivity index (χ0n) is 9.53. The molecule has 0 aliphatic heterocycles. The molecule has 0 amide bonds. The largest absolute Gasteiger partial charge is 0.467 e. The van der Waals surface area contributed by atoms with Crippen LogP contribution in [-0.2, 0) is 0 Å². The van der Waals surface area contributed by atoms with Crippen LogP contribution in [-0.4, -0.2) is 9.55 Å². The van der Waals surface area contributed by atoms with E-state index in [2.05, 4.69) is 4.98 Å². The van der Waals surface area contributed by atoms with Crippen LogP contribution >= 0.6 is 11.6 Å². The van der Waals surface area contributed by atoms with E-state index in [4.69, 9.17) is 16.0 Å². The molecule has 0 bridgehead atoms. The molecule has 0 spiro atoms. The highest BCUT2D eigenvalue weighted by molar-refractivity contribution is 6.30. The Labute approximate surface area is 110 Å². The highest BCUT2D eigenvalue weighted by Gasteiger charge is 2.18. The normalized spacial score (nSPS) is 12.5. The first-order valence-electron chi connectivity index (χ1n) is 5.61. The first-order valence-corrected chi connectivity index (χ1v) is 5.99. The second-order valence-corrected chi connectivity index (χ2v) is 4.42. The van der Waals surface area contributed by atoms with Crippen molar-refractivity contribution < 1.29 is 4.42 Å². The van der Waals surface area contributed by atoms with Gasteiger partial charge in [0.1, 0.15) is 11.8 Å². The third-order valence-corrected chi connectivity index (χ3v) is 3.07. The Kier molecular flexibility index (Phi) is 2.90. The Bertz CT molecular complexity index is 566. The minimum Gasteiger partial charge on any atom is -0.467 e. The van der Waals surface area contributed by atoms with Crippen LogP contribution < -0.4 is 0 Å². The van der Waals surface area contributed by atoms with Gasteiger partial charge in [-0.1, -0.05) is 23.7 Å². The lowest BCUT2D eigenvalue weighted by Crippen LogP contribution is -2.09. The van der Waals surface area contributed by atoms with Crippen molar-refractivity contribution in [2.24, 2.45) is 0 Å². The summed E-state index contributed by atoms with van der Waals surface area (Å²) in [5.41, 5.74) is 1.10. The smallest absolute Gasteiger partial charge is 0.131 e. The predicted molar refractivity (Wildman–Crippen MR) is 69.6 cm³/mol. The Morgan fingerprint density at radius 2 is 2.00 bits per heavy atom. The van der Waals surface area contributed by atoms with E-state index in [1.54, 1.807) is 18.8 Å². The van der Waals surface area contributed by atoms with Crippen molar-refractivity contribution in [1.29, 1.82) is 0 Å². The second kappa shape index (κ2) is 4.70. The third kappa shape index (κ3) is 2.05. The van der Waals surface area contributed by atoms with Crippen LogP contribution in [0.2, 0.25) is 5.02 Å². The molecule has 18 heavy (non-hydrogen) atoms. The minimum absolute atomic E-state index is 0.0141. The lowest BCUT2D eigenvalue weighted by molar-refractivity contribution is 0.460. The molecule has 0 N–H and O–H groups in total. The summed E-state index contributed by atoms with van der Waals surface area (Å²) < 4.78 is 7.52. The standard InChI is InChI=1S/C14H11ClN2O/c15-12-5-3-11(4-6-12)14(13-2-1-9-18-13)17-8-7-16-10-17/h1-10,14H. The van der Waals surface area contributed by atoms with Crippen molar-refractivity contribution in [3.05, 3.63) is 77.7 Å². The van der Waals surface area contributed by atoms with Crippen LogP contribution in [0.25, 0.3) is 0 Å². The molecule has 1 atom stereocenters. The van der Waals surface area contributed by atoms with Crippen molar-refractivity contribution in [2.45, 2.75) is 6.04 Å². The monoisotopic (exact) mass is 258 g/mol. The maximum Gasteiger partial charge on any atom is 0.131 e. The van der Waals surface area contributed by atoms with Gasteiger partial charge in [0, 0.05) is 17.4 Å². The first kappa shape index (κ1) is 11.1. The van der Waals surface area contributed by atoms with Crippen molar-refractivity contribution in [3.63, 3.8) is 0 Å². The molecule has 1 aromatic carbocycles. The summed E-state index contributed by atoms with van der Waals surface area (Å²) in [6, 6.07) is 11.6. The Morgan fingerprint density at radius 1 is 1.17 bits per heavy atom. The number of rotatable bonds is 3. The highest BCUT2D eigenvalue weighted by atomic mass is 35.5. The summed E-state index contributed by atoms with van der Waals surface area (Å²) in [4.78, 5) is 4.09. The average molecular weight is 259 g/mol. The van der Waals surface area contributed by atoms with Crippen LogP contribution in [0.1, 0.15) is 17.4 Å². The summed E-state index contributed by atoms with van der Waals surface area (Å²) in [6.45, 7) is 0. The molecule has 2 heterocycles. The minimum atomic E-state index is -0.0141. The fourth-order valence-corrected chi connectivity index (χ4v) is 2.12. The molecule has 90 valence electrons. The van der Waals surface area contributed by atoms with Gasteiger partial charge in [0.05, 0.1) is 12.6 Å². The van der Waals surface area contributed by atoms with E-state index in [9.17, 15) is 0 Å². The molecule has 1 unspecified atom stereocenters. The Hall–Kier alpha value is -2.00. The quantitative estimate of drug-likeness (QED) is 0.716. The van der Waals surface area contributed by atoms with E-state index in [1.165, 1.54) is 0 Å². The van der Waals surface area contributed by atoms with Gasteiger partial charge in [-0.3, -0.25) is 0 Å². The van der Waals surface area contributed by atoms with Crippen LogP contribution in [0.4, 0.5) is 0 Å². The number of hydrogen-bond donors (Lipinski definition) is 0. The summed E-state index contributed by atoms with van der Waals surface area (Å²) in [6.07, 6.45) is 7.13. The van der Waals surface area contributed by atoms with E-state index in [0.29, 0.717) is 0 Å². The van der Waals surface area contributed by atoms with Crippen molar-refractivity contribution in [1.82, 2.24) is 9.55 Å². The number of benzene rings is 1. The predicted octanol–water partition coefficient (Wildman–Crippen LogP) is 3.77. The number of nitrogens with zero attached hydrogens (tertiary/aromatic N) is 2. The molecular formula is C14H11ClN2O. The molecule has 3 rings (SSSR count). The van der Waals surface area contributed by atoms with Crippen LogP contribution in [0.5, 0.6) is 0 Å². The zero-order valence-corrected chi connectivity index (χ0v) is 10.3.